The molecule has 1 aromatic rings. The van der Waals surface area contributed by atoms with Crippen LogP contribution in [0.15, 0.2) is 29.3 Å². The zero-order valence-corrected chi connectivity index (χ0v) is 15.7. The predicted octanol–water partition coefficient (Wildman–Crippen LogP) is 3.14. The molecule has 1 fully saturated rings. The van der Waals surface area contributed by atoms with Gasteiger partial charge in [-0.2, -0.15) is 0 Å². The SMILES string of the molecule is CCOCCCNC(=NC)NCCc1ccc(OC2CCCC2)cc1. The van der Waals surface area contributed by atoms with Crippen LogP contribution in [0.3, 0.4) is 0 Å². The summed E-state index contributed by atoms with van der Waals surface area (Å²) in [6.45, 7) is 5.30. The Bertz CT molecular complexity index is 496. The first-order valence-electron chi connectivity index (χ1n) is 9.59. The quantitative estimate of drug-likeness (QED) is 0.388. The standard InChI is InChI=1S/C20H33N3O2/c1-3-24-16-6-14-22-20(21-2)23-15-13-17-9-11-19(12-10-17)25-18-7-4-5-8-18/h9-12,18H,3-8,13-16H2,1-2H3,(H2,21,22,23). The van der Waals surface area contributed by atoms with Crippen LogP contribution in [0.25, 0.3) is 0 Å². The lowest BCUT2D eigenvalue weighted by Crippen LogP contribution is -2.39. The molecule has 25 heavy (non-hydrogen) atoms. The second-order valence-electron chi connectivity index (χ2n) is 6.39. The first-order valence-corrected chi connectivity index (χ1v) is 9.59. The van der Waals surface area contributed by atoms with Crippen LogP contribution >= 0.6 is 0 Å². The maximum atomic E-state index is 6.01. The molecule has 0 amide bonds. The van der Waals surface area contributed by atoms with Crippen molar-refractivity contribution in [2.45, 2.75) is 51.6 Å². The Balaban J connectivity index is 1.62. The molecule has 0 aromatic heterocycles. The number of guanidine groups is 1. The molecule has 0 aliphatic heterocycles. The fourth-order valence-corrected chi connectivity index (χ4v) is 3.00. The van der Waals surface area contributed by atoms with Crippen LogP contribution in [0, 0.1) is 0 Å². The largest absolute Gasteiger partial charge is 0.490 e. The summed E-state index contributed by atoms with van der Waals surface area (Å²) >= 11 is 0. The Labute approximate surface area is 152 Å². The third kappa shape index (κ3) is 7.78. The van der Waals surface area contributed by atoms with Crippen LogP contribution < -0.4 is 15.4 Å². The zero-order chi connectivity index (χ0) is 17.7. The summed E-state index contributed by atoms with van der Waals surface area (Å²) in [6, 6.07) is 8.50. The van der Waals surface area contributed by atoms with E-state index in [-0.39, 0.29) is 0 Å². The topological polar surface area (TPSA) is 54.9 Å². The maximum Gasteiger partial charge on any atom is 0.190 e. The minimum atomic E-state index is 0.421. The predicted molar refractivity (Wildman–Crippen MR) is 104 cm³/mol. The number of hydrogen-bond acceptors (Lipinski definition) is 3. The molecule has 2 rings (SSSR count). The van der Waals surface area contributed by atoms with Crippen molar-refractivity contribution < 1.29 is 9.47 Å². The van der Waals surface area contributed by atoms with Gasteiger partial charge in [-0.15, -0.1) is 0 Å². The molecule has 5 heteroatoms. The van der Waals surface area contributed by atoms with Gasteiger partial charge in [-0.3, -0.25) is 4.99 Å². The van der Waals surface area contributed by atoms with E-state index in [1.54, 1.807) is 7.05 Å². The summed E-state index contributed by atoms with van der Waals surface area (Å²) in [4.78, 5) is 4.24. The van der Waals surface area contributed by atoms with E-state index in [0.717, 1.165) is 50.9 Å². The molecule has 1 saturated carbocycles. The molecule has 0 spiro atoms. The average molecular weight is 348 g/mol. The van der Waals surface area contributed by atoms with Crippen molar-refractivity contribution in [3.8, 4) is 5.75 Å². The first kappa shape index (κ1) is 19.6. The number of rotatable bonds is 10. The normalized spacial score (nSPS) is 15.4. The van der Waals surface area contributed by atoms with Crippen molar-refractivity contribution in [2.24, 2.45) is 4.99 Å². The number of benzene rings is 1. The van der Waals surface area contributed by atoms with Crippen molar-refractivity contribution in [3.05, 3.63) is 29.8 Å². The third-order valence-corrected chi connectivity index (χ3v) is 4.42. The first-order chi connectivity index (χ1) is 12.3. The summed E-state index contributed by atoms with van der Waals surface area (Å²) < 4.78 is 11.3. The van der Waals surface area contributed by atoms with E-state index in [1.807, 2.05) is 6.92 Å². The maximum absolute atomic E-state index is 6.01. The number of nitrogens with one attached hydrogen (secondary N) is 2. The minimum absolute atomic E-state index is 0.421. The van der Waals surface area contributed by atoms with Gasteiger partial charge in [0.05, 0.1) is 6.10 Å². The molecule has 0 radical (unpaired) electrons. The Hall–Kier alpha value is -1.75. The van der Waals surface area contributed by atoms with E-state index in [0.29, 0.717) is 6.10 Å². The molecule has 0 saturated heterocycles. The van der Waals surface area contributed by atoms with Crippen LogP contribution in [0.1, 0.15) is 44.6 Å². The highest BCUT2D eigenvalue weighted by Gasteiger charge is 2.16. The zero-order valence-electron chi connectivity index (χ0n) is 15.7. The summed E-state index contributed by atoms with van der Waals surface area (Å²) in [5.74, 6) is 1.84. The number of aliphatic imine (C=N–C) groups is 1. The van der Waals surface area contributed by atoms with Gasteiger partial charge in [0.1, 0.15) is 5.75 Å². The molecule has 0 atom stereocenters. The molecule has 0 heterocycles. The van der Waals surface area contributed by atoms with Gasteiger partial charge in [0.25, 0.3) is 0 Å². The summed E-state index contributed by atoms with van der Waals surface area (Å²) in [5.41, 5.74) is 1.30. The van der Waals surface area contributed by atoms with E-state index in [2.05, 4.69) is 39.9 Å². The molecule has 2 N–H and O–H groups in total. The molecule has 0 bridgehead atoms. The third-order valence-electron chi connectivity index (χ3n) is 4.42. The Morgan fingerprint density at radius 1 is 1.12 bits per heavy atom. The number of nitrogens with zero attached hydrogens (tertiary/aromatic N) is 1. The van der Waals surface area contributed by atoms with Gasteiger partial charge in [0.2, 0.25) is 0 Å². The van der Waals surface area contributed by atoms with Gasteiger partial charge in [-0.1, -0.05) is 12.1 Å². The van der Waals surface area contributed by atoms with Crippen LogP contribution in [0.2, 0.25) is 0 Å². The molecule has 140 valence electrons. The Morgan fingerprint density at radius 2 is 1.84 bits per heavy atom. The lowest BCUT2D eigenvalue weighted by Gasteiger charge is -2.14. The molecule has 0 unspecified atom stereocenters. The van der Waals surface area contributed by atoms with Gasteiger partial charge in [-0.05, 0) is 63.1 Å². The van der Waals surface area contributed by atoms with Crippen LogP contribution in [0.5, 0.6) is 5.75 Å². The van der Waals surface area contributed by atoms with E-state index in [4.69, 9.17) is 9.47 Å². The minimum Gasteiger partial charge on any atom is -0.490 e. The lowest BCUT2D eigenvalue weighted by molar-refractivity contribution is 0.145. The van der Waals surface area contributed by atoms with E-state index in [9.17, 15) is 0 Å². The van der Waals surface area contributed by atoms with Gasteiger partial charge < -0.3 is 20.1 Å². The highest BCUT2D eigenvalue weighted by Crippen LogP contribution is 2.24. The van der Waals surface area contributed by atoms with Gasteiger partial charge in [0, 0.05) is 33.4 Å². The number of ether oxygens (including phenoxy) is 2. The second-order valence-corrected chi connectivity index (χ2v) is 6.39. The monoisotopic (exact) mass is 347 g/mol. The van der Waals surface area contributed by atoms with Crippen molar-refractivity contribution in [3.63, 3.8) is 0 Å². The Kier molecular flexibility index (Phi) is 9.19. The molecular formula is C20H33N3O2. The van der Waals surface area contributed by atoms with E-state index in [1.165, 1.54) is 31.2 Å². The van der Waals surface area contributed by atoms with Crippen molar-refractivity contribution in [1.29, 1.82) is 0 Å². The van der Waals surface area contributed by atoms with Crippen LogP contribution in [0.4, 0.5) is 0 Å². The second kappa shape index (κ2) is 11.7. The summed E-state index contributed by atoms with van der Waals surface area (Å²) in [5, 5.41) is 6.65. The van der Waals surface area contributed by atoms with Gasteiger partial charge in [-0.25, -0.2) is 0 Å². The molecule has 5 nitrogen and oxygen atoms in total. The summed E-state index contributed by atoms with van der Waals surface area (Å²) in [7, 11) is 1.80. The molecule has 1 aliphatic rings. The van der Waals surface area contributed by atoms with Gasteiger partial charge >= 0.3 is 0 Å². The van der Waals surface area contributed by atoms with Crippen molar-refractivity contribution >= 4 is 5.96 Å². The lowest BCUT2D eigenvalue weighted by atomic mass is 10.1. The van der Waals surface area contributed by atoms with E-state index < -0.39 is 0 Å². The number of hydrogen-bond donors (Lipinski definition) is 2. The average Bonchev–Trinajstić information content (AvgIpc) is 3.14. The van der Waals surface area contributed by atoms with Crippen molar-refractivity contribution in [1.82, 2.24) is 10.6 Å². The van der Waals surface area contributed by atoms with Crippen LogP contribution in [-0.4, -0.2) is 45.4 Å². The highest BCUT2D eigenvalue weighted by atomic mass is 16.5. The van der Waals surface area contributed by atoms with E-state index >= 15 is 0 Å². The summed E-state index contributed by atoms with van der Waals surface area (Å²) in [6.07, 6.45) is 7.36. The fourth-order valence-electron chi connectivity index (χ4n) is 3.00. The molecular weight excluding hydrogens is 314 g/mol. The molecule has 1 aromatic carbocycles. The van der Waals surface area contributed by atoms with Crippen LogP contribution in [-0.2, 0) is 11.2 Å². The highest BCUT2D eigenvalue weighted by molar-refractivity contribution is 5.79. The Morgan fingerprint density at radius 3 is 2.52 bits per heavy atom. The molecule has 1 aliphatic carbocycles. The smallest absolute Gasteiger partial charge is 0.190 e. The fraction of sp³-hybridized carbons (Fsp3) is 0.650. The van der Waals surface area contributed by atoms with Gasteiger partial charge in [0.15, 0.2) is 5.96 Å². The van der Waals surface area contributed by atoms with Crippen molar-refractivity contribution in [2.75, 3.05) is 33.4 Å².